The van der Waals surface area contributed by atoms with E-state index in [1.807, 2.05) is 17.5 Å². The number of thiophene rings is 1. The van der Waals surface area contributed by atoms with Gasteiger partial charge in [0.1, 0.15) is 0 Å². The molecule has 1 heterocycles. The Labute approximate surface area is 113 Å². The highest BCUT2D eigenvalue weighted by Gasteiger charge is 2.39. The van der Waals surface area contributed by atoms with Gasteiger partial charge in [0, 0.05) is 6.54 Å². The minimum absolute atomic E-state index is 0.274. The van der Waals surface area contributed by atoms with Gasteiger partial charge in [-0.2, -0.15) is 0 Å². The molecule has 2 fully saturated rings. The maximum absolute atomic E-state index is 12.0. The van der Waals surface area contributed by atoms with Crippen LogP contribution >= 0.6 is 11.3 Å². The third-order valence-corrected chi connectivity index (χ3v) is 5.55. The second-order valence-electron chi connectivity index (χ2n) is 6.03. The highest BCUT2D eigenvalue weighted by Crippen LogP contribution is 2.48. The minimum atomic E-state index is 0.274. The average molecular weight is 263 g/mol. The first-order valence-corrected chi connectivity index (χ1v) is 7.85. The summed E-state index contributed by atoms with van der Waals surface area (Å²) in [4.78, 5) is 15.1. The van der Waals surface area contributed by atoms with Gasteiger partial charge in [-0.1, -0.05) is 12.5 Å². The maximum atomic E-state index is 12.0. The molecule has 98 valence electrons. The van der Waals surface area contributed by atoms with Crippen molar-refractivity contribution in [3.8, 4) is 0 Å². The van der Waals surface area contributed by atoms with Crippen LogP contribution in [0.2, 0.25) is 0 Å². The van der Waals surface area contributed by atoms with E-state index >= 15 is 0 Å². The topological polar surface area (TPSA) is 20.3 Å². The van der Waals surface area contributed by atoms with Crippen molar-refractivity contribution in [2.24, 2.45) is 17.8 Å². The number of fused-ring (bicyclic) bond motifs is 2. The van der Waals surface area contributed by atoms with Crippen molar-refractivity contribution in [3.63, 3.8) is 0 Å². The highest BCUT2D eigenvalue weighted by atomic mass is 32.1. The normalized spacial score (nSPS) is 30.2. The highest BCUT2D eigenvalue weighted by molar-refractivity contribution is 7.12. The van der Waals surface area contributed by atoms with E-state index in [4.69, 9.17) is 0 Å². The van der Waals surface area contributed by atoms with Crippen molar-refractivity contribution in [1.82, 2.24) is 4.90 Å². The van der Waals surface area contributed by atoms with Gasteiger partial charge < -0.3 is 0 Å². The zero-order valence-electron chi connectivity index (χ0n) is 11.0. The van der Waals surface area contributed by atoms with Gasteiger partial charge in [-0.3, -0.25) is 9.69 Å². The predicted molar refractivity (Wildman–Crippen MR) is 75.1 cm³/mol. The summed E-state index contributed by atoms with van der Waals surface area (Å²) >= 11 is 1.55. The van der Waals surface area contributed by atoms with E-state index in [1.165, 1.54) is 25.7 Å². The van der Waals surface area contributed by atoms with E-state index < -0.39 is 0 Å². The van der Waals surface area contributed by atoms with Crippen molar-refractivity contribution in [2.45, 2.75) is 25.7 Å². The van der Waals surface area contributed by atoms with Crippen molar-refractivity contribution in [2.75, 3.05) is 20.1 Å². The lowest BCUT2D eigenvalue weighted by Crippen LogP contribution is -2.32. The molecule has 0 saturated heterocycles. The van der Waals surface area contributed by atoms with Gasteiger partial charge in [0.15, 0.2) is 5.78 Å². The molecular formula is C15H21NOS. The number of rotatable bonds is 5. The second kappa shape index (κ2) is 5.14. The van der Waals surface area contributed by atoms with E-state index in [-0.39, 0.29) is 5.78 Å². The molecule has 3 unspecified atom stereocenters. The monoisotopic (exact) mass is 263 g/mol. The Bertz CT molecular complexity index is 414. The van der Waals surface area contributed by atoms with Crippen LogP contribution in [0.1, 0.15) is 35.4 Å². The molecule has 3 atom stereocenters. The minimum Gasteiger partial charge on any atom is -0.299 e. The van der Waals surface area contributed by atoms with Crippen LogP contribution in [-0.4, -0.2) is 30.8 Å². The molecule has 18 heavy (non-hydrogen) atoms. The van der Waals surface area contributed by atoms with Gasteiger partial charge in [0.05, 0.1) is 11.4 Å². The Morgan fingerprint density at radius 2 is 2.33 bits per heavy atom. The molecule has 2 aliphatic carbocycles. The smallest absolute Gasteiger partial charge is 0.186 e. The summed E-state index contributed by atoms with van der Waals surface area (Å²) in [5.74, 6) is 3.08. The van der Waals surface area contributed by atoms with Gasteiger partial charge in [-0.05, 0) is 55.5 Å². The summed E-state index contributed by atoms with van der Waals surface area (Å²) in [5, 5.41) is 1.98. The van der Waals surface area contributed by atoms with E-state index in [0.717, 1.165) is 29.2 Å². The average Bonchev–Trinajstić information content (AvgIpc) is 3.06. The number of hydrogen-bond donors (Lipinski definition) is 0. The van der Waals surface area contributed by atoms with E-state index in [9.17, 15) is 4.79 Å². The molecule has 0 N–H and O–H groups in total. The van der Waals surface area contributed by atoms with Crippen LogP contribution in [0.15, 0.2) is 17.5 Å². The third kappa shape index (κ3) is 2.52. The lowest BCUT2D eigenvalue weighted by Gasteiger charge is -2.26. The maximum Gasteiger partial charge on any atom is 0.186 e. The molecule has 2 saturated carbocycles. The fourth-order valence-corrected chi connectivity index (χ4v) is 4.48. The number of hydrogen-bond acceptors (Lipinski definition) is 3. The van der Waals surface area contributed by atoms with Crippen LogP contribution in [0.25, 0.3) is 0 Å². The zero-order valence-corrected chi connectivity index (χ0v) is 11.8. The first-order valence-electron chi connectivity index (χ1n) is 6.97. The van der Waals surface area contributed by atoms with E-state index in [0.29, 0.717) is 6.54 Å². The van der Waals surface area contributed by atoms with Gasteiger partial charge in [-0.25, -0.2) is 0 Å². The molecular weight excluding hydrogens is 242 g/mol. The van der Waals surface area contributed by atoms with E-state index in [1.54, 1.807) is 11.3 Å². The Kier molecular flexibility index (Phi) is 3.53. The van der Waals surface area contributed by atoms with Crippen LogP contribution in [0.4, 0.5) is 0 Å². The van der Waals surface area contributed by atoms with Gasteiger partial charge >= 0.3 is 0 Å². The van der Waals surface area contributed by atoms with Crippen LogP contribution in [0.5, 0.6) is 0 Å². The summed E-state index contributed by atoms with van der Waals surface area (Å²) in [5.41, 5.74) is 0. The summed E-state index contributed by atoms with van der Waals surface area (Å²) in [6.07, 6.45) is 5.75. The number of ketones is 1. The van der Waals surface area contributed by atoms with Crippen molar-refractivity contribution >= 4 is 17.1 Å². The molecule has 3 rings (SSSR count). The predicted octanol–water partition coefficient (Wildman–Crippen LogP) is 3.30. The van der Waals surface area contributed by atoms with Crippen molar-refractivity contribution in [1.29, 1.82) is 0 Å². The van der Waals surface area contributed by atoms with Gasteiger partial charge in [-0.15, -0.1) is 11.3 Å². The van der Waals surface area contributed by atoms with Crippen molar-refractivity contribution in [3.05, 3.63) is 22.4 Å². The van der Waals surface area contributed by atoms with Crippen molar-refractivity contribution < 1.29 is 4.79 Å². The third-order valence-electron chi connectivity index (χ3n) is 4.64. The molecule has 1 aromatic rings. The van der Waals surface area contributed by atoms with Crippen LogP contribution in [-0.2, 0) is 0 Å². The van der Waals surface area contributed by atoms with Crippen LogP contribution in [0.3, 0.4) is 0 Å². The number of nitrogens with zero attached hydrogens (tertiary/aromatic N) is 1. The standard InChI is InChI=1S/C15H21NOS/c1-16(10-14(17)15-3-2-6-18-15)9-13-8-11-4-5-12(13)7-11/h2-3,6,11-13H,4-5,7-10H2,1H3. The summed E-state index contributed by atoms with van der Waals surface area (Å²) < 4.78 is 0. The largest absolute Gasteiger partial charge is 0.299 e. The van der Waals surface area contributed by atoms with Gasteiger partial charge in [0.2, 0.25) is 0 Å². The molecule has 0 aliphatic heterocycles. The first kappa shape index (κ1) is 12.4. The fourth-order valence-electron chi connectivity index (χ4n) is 3.83. The number of Topliss-reactive ketones (excluding diaryl/α,β-unsaturated/α-hetero) is 1. The Morgan fingerprint density at radius 1 is 1.44 bits per heavy atom. The number of likely N-dealkylation sites (N-methyl/N-ethyl adjacent to an activating group) is 1. The van der Waals surface area contributed by atoms with Crippen LogP contribution < -0.4 is 0 Å². The summed E-state index contributed by atoms with van der Waals surface area (Å²) in [7, 11) is 2.09. The molecule has 0 spiro atoms. The Hall–Kier alpha value is -0.670. The molecule has 2 aliphatic rings. The molecule has 2 bridgehead atoms. The lowest BCUT2D eigenvalue weighted by molar-refractivity contribution is 0.0933. The summed E-state index contributed by atoms with van der Waals surface area (Å²) in [6, 6.07) is 3.88. The Morgan fingerprint density at radius 3 is 2.94 bits per heavy atom. The number of carbonyl (C=O) groups is 1. The fraction of sp³-hybridized carbons (Fsp3) is 0.667. The molecule has 2 nitrogen and oxygen atoms in total. The zero-order chi connectivity index (χ0) is 12.5. The Balaban J connectivity index is 1.50. The molecule has 0 amide bonds. The van der Waals surface area contributed by atoms with E-state index in [2.05, 4.69) is 11.9 Å². The SMILES string of the molecule is CN(CC(=O)c1cccs1)CC1CC2CCC1C2. The quantitative estimate of drug-likeness (QED) is 0.760. The molecule has 1 aromatic heterocycles. The molecule has 3 heteroatoms. The first-order chi connectivity index (χ1) is 8.72. The van der Waals surface area contributed by atoms with Crippen LogP contribution in [0, 0.1) is 17.8 Å². The number of carbonyl (C=O) groups excluding carboxylic acids is 1. The van der Waals surface area contributed by atoms with Gasteiger partial charge in [0.25, 0.3) is 0 Å². The molecule has 0 radical (unpaired) electrons. The lowest BCUT2D eigenvalue weighted by atomic mass is 9.88. The summed E-state index contributed by atoms with van der Waals surface area (Å²) in [6.45, 7) is 1.69. The molecule has 0 aromatic carbocycles. The second-order valence-corrected chi connectivity index (χ2v) is 6.98.